The van der Waals surface area contributed by atoms with Crippen molar-refractivity contribution in [1.82, 2.24) is 0 Å². The maximum absolute atomic E-state index is 12.9. The number of alkyl halides is 3. The van der Waals surface area contributed by atoms with Gasteiger partial charge in [0, 0.05) is 6.08 Å². The van der Waals surface area contributed by atoms with E-state index in [2.05, 4.69) is 5.32 Å². The first-order chi connectivity index (χ1) is 13.8. The molecule has 3 aromatic carbocycles. The minimum absolute atomic E-state index is 0.396. The smallest absolute Gasteiger partial charge is 0.418 e. The van der Waals surface area contributed by atoms with Gasteiger partial charge in [-0.25, -0.2) is 4.79 Å². The summed E-state index contributed by atoms with van der Waals surface area (Å²) < 4.78 is 43.6. The normalized spacial score (nSPS) is 11.6. The lowest BCUT2D eigenvalue weighted by atomic mass is 10.0. The summed E-state index contributed by atoms with van der Waals surface area (Å²) in [5.74, 6) is -1.65. The summed E-state index contributed by atoms with van der Waals surface area (Å²) in [6, 6.07) is 17.8. The number of nitrogens with one attached hydrogen (secondary N) is 1. The summed E-state index contributed by atoms with van der Waals surface area (Å²) in [5.41, 5.74) is -0.577. The average molecular weight is 399 g/mol. The fourth-order valence-electron chi connectivity index (χ4n) is 2.76. The second-order valence-electron chi connectivity index (χ2n) is 6.10. The van der Waals surface area contributed by atoms with Crippen molar-refractivity contribution in [3.63, 3.8) is 0 Å². The molecule has 0 saturated carbocycles. The molecule has 0 atom stereocenters. The Hall–Kier alpha value is -3.61. The monoisotopic (exact) mass is 399 g/mol. The molecule has 148 valence electrons. The molecule has 0 aliphatic heterocycles. The van der Waals surface area contributed by atoms with E-state index in [1.54, 1.807) is 6.08 Å². The van der Waals surface area contributed by atoms with E-state index in [1.165, 1.54) is 18.2 Å². The molecule has 4 nitrogen and oxygen atoms in total. The van der Waals surface area contributed by atoms with Crippen molar-refractivity contribution in [2.45, 2.75) is 6.18 Å². The van der Waals surface area contributed by atoms with Crippen molar-refractivity contribution in [3.05, 3.63) is 83.9 Å². The van der Waals surface area contributed by atoms with Crippen LogP contribution in [-0.4, -0.2) is 18.5 Å². The van der Waals surface area contributed by atoms with Crippen LogP contribution in [0.5, 0.6) is 0 Å². The number of esters is 1. The van der Waals surface area contributed by atoms with Gasteiger partial charge >= 0.3 is 12.1 Å². The molecule has 7 heteroatoms. The highest BCUT2D eigenvalue weighted by atomic mass is 19.4. The number of anilines is 1. The Kier molecular flexibility index (Phi) is 5.97. The highest BCUT2D eigenvalue weighted by molar-refractivity contribution is 5.97. The number of para-hydroxylation sites is 1. The maximum atomic E-state index is 12.9. The summed E-state index contributed by atoms with van der Waals surface area (Å²) in [5, 5.41) is 4.06. The van der Waals surface area contributed by atoms with Crippen LogP contribution in [0.15, 0.2) is 72.8 Å². The topological polar surface area (TPSA) is 55.4 Å². The van der Waals surface area contributed by atoms with Crippen molar-refractivity contribution in [1.29, 1.82) is 0 Å². The van der Waals surface area contributed by atoms with Gasteiger partial charge in [-0.1, -0.05) is 54.6 Å². The third-order valence-corrected chi connectivity index (χ3v) is 4.07. The van der Waals surface area contributed by atoms with Crippen LogP contribution in [0.25, 0.3) is 16.8 Å². The molecule has 0 heterocycles. The zero-order chi connectivity index (χ0) is 20.9. The predicted molar refractivity (Wildman–Crippen MR) is 104 cm³/mol. The number of halogens is 3. The summed E-state index contributed by atoms with van der Waals surface area (Å²) >= 11 is 0. The van der Waals surface area contributed by atoms with Crippen molar-refractivity contribution in [3.8, 4) is 0 Å². The van der Waals surface area contributed by atoms with Crippen LogP contribution in [-0.2, 0) is 20.5 Å². The number of carbonyl (C=O) groups excluding carboxylic acids is 2. The molecule has 0 fully saturated rings. The Bertz CT molecular complexity index is 1070. The molecule has 0 aliphatic rings. The molecule has 1 N–H and O–H groups in total. The van der Waals surface area contributed by atoms with Crippen molar-refractivity contribution < 1.29 is 27.5 Å². The number of rotatable bonds is 5. The fraction of sp³-hybridized carbons (Fsp3) is 0.0909. The first-order valence-electron chi connectivity index (χ1n) is 8.63. The third-order valence-electron chi connectivity index (χ3n) is 4.07. The largest absolute Gasteiger partial charge is 0.452 e. The molecule has 0 saturated heterocycles. The molecule has 3 rings (SSSR count). The van der Waals surface area contributed by atoms with E-state index in [1.807, 2.05) is 42.5 Å². The number of hydrogen-bond acceptors (Lipinski definition) is 3. The van der Waals surface area contributed by atoms with Gasteiger partial charge in [-0.05, 0) is 34.5 Å². The van der Waals surface area contributed by atoms with Gasteiger partial charge in [0.15, 0.2) is 6.61 Å². The maximum Gasteiger partial charge on any atom is 0.418 e. The molecule has 0 aromatic heterocycles. The number of ether oxygens (including phenoxy) is 1. The molecule has 0 spiro atoms. The van der Waals surface area contributed by atoms with Gasteiger partial charge in [-0.3, -0.25) is 4.79 Å². The Morgan fingerprint density at radius 2 is 1.62 bits per heavy atom. The molecule has 0 aliphatic carbocycles. The number of amides is 1. The van der Waals surface area contributed by atoms with Gasteiger partial charge in [0.05, 0.1) is 11.3 Å². The van der Waals surface area contributed by atoms with Gasteiger partial charge < -0.3 is 10.1 Å². The van der Waals surface area contributed by atoms with E-state index < -0.39 is 35.9 Å². The Morgan fingerprint density at radius 1 is 0.931 bits per heavy atom. The number of fused-ring (bicyclic) bond motifs is 1. The lowest BCUT2D eigenvalue weighted by molar-refractivity contribution is -0.142. The Balaban J connectivity index is 1.60. The molecule has 29 heavy (non-hydrogen) atoms. The zero-order valence-corrected chi connectivity index (χ0v) is 15.1. The summed E-state index contributed by atoms with van der Waals surface area (Å²) in [6.07, 6.45) is -1.89. The third kappa shape index (κ3) is 5.22. The summed E-state index contributed by atoms with van der Waals surface area (Å²) in [7, 11) is 0. The molecular weight excluding hydrogens is 383 g/mol. The van der Waals surface area contributed by atoms with Crippen LogP contribution in [0.4, 0.5) is 18.9 Å². The molecule has 0 radical (unpaired) electrons. The summed E-state index contributed by atoms with van der Waals surface area (Å²) in [4.78, 5) is 23.7. The number of carbonyl (C=O) groups is 2. The highest BCUT2D eigenvalue weighted by Gasteiger charge is 2.33. The van der Waals surface area contributed by atoms with E-state index in [9.17, 15) is 22.8 Å². The highest BCUT2D eigenvalue weighted by Crippen LogP contribution is 2.34. The quantitative estimate of drug-likeness (QED) is 0.482. The zero-order valence-electron chi connectivity index (χ0n) is 15.1. The molecule has 1 amide bonds. The lowest BCUT2D eigenvalue weighted by Crippen LogP contribution is -2.22. The Labute approximate surface area is 164 Å². The van der Waals surface area contributed by atoms with Gasteiger partial charge in [-0.15, -0.1) is 0 Å². The van der Waals surface area contributed by atoms with Gasteiger partial charge in [0.2, 0.25) is 0 Å². The first kappa shape index (κ1) is 20.1. The van der Waals surface area contributed by atoms with Crippen LogP contribution in [0.3, 0.4) is 0 Å². The van der Waals surface area contributed by atoms with Crippen molar-refractivity contribution in [2.24, 2.45) is 0 Å². The minimum atomic E-state index is -4.61. The SMILES string of the molecule is O=C(COC(=O)C=Cc1cccc2ccccc12)Nc1ccccc1C(F)(F)F. The van der Waals surface area contributed by atoms with Crippen molar-refractivity contribution in [2.75, 3.05) is 11.9 Å². The molecule has 0 bridgehead atoms. The standard InChI is InChI=1S/C22H16F3NO3/c23-22(24,25)18-10-3-4-11-19(18)26-20(27)14-29-21(28)13-12-16-8-5-7-15-6-1-2-9-17(15)16/h1-13H,14H2,(H,26,27). The Morgan fingerprint density at radius 3 is 2.41 bits per heavy atom. The van der Waals surface area contributed by atoms with Crippen LogP contribution >= 0.6 is 0 Å². The van der Waals surface area contributed by atoms with Crippen molar-refractivity contribution >= 4 is 34.4 Å². The van der Waals surface area contributed by atoms with Gasteiger partial charge in [-0.2, -0.15) is 13.2 Å². The second-order valence-corrected chi connectivity index (χ2v) is 6.10. The fourth-order valence-corrected chi connectivity index (χ4v) is 2.76. The van der Waals surface area contributed by atoms with E-state index in [-0.39, 0.29) is 0 Å². The van der Waals surface area contributed by atoms with E-state index in [4.69, 9.17) is 4.74 Å². The van der Waals surface area contributed by atoms with Gasteiger partial charge in [0.1, 0.15) is 0 Å². The van der Waals surface area contributed by atoms with Crippen LogP contribution in [0, 0.1) is 0 Å². The van der Waals surface area contributed by atoms with Crippen LogP contribution in [0.2, 0.25) is 0 Å². The molecular formula is C22H16F3NO3. The number of hydrogen-bond donors (Lipinski definition) is 1. The lowest BCUT2D eigenvalue weighted by Gasteiger charge is -2.13. The van der Waals surface area contributed by atoms with Crippen LogP contribution < -0.4 is 5.32 Å². The second kappa shape index (κ2) is 8.60. The van der Waals surface area contributed by atoms with E-state index in [0.29, 0.717) is 0 Å². The predicted octanol–water partition coefficient (Wildman–Crippen LogP) is 5.05. The molecule has 0 unspecified atom stereocenters. The first-order valence-corrected chi connectivity index (χ1v) is 8.63. The van der Waals surface area contributed by atoms with E-state index >= 15 is 0 Å². The van der Waals surface area contributed by atoms with Crippen LogP contribution in [0.1, 0.15) is 11.1 Å². The van der Waals surface area contributed by atoms with Gasteiger partial charge in [0.25, 0.3) is 5.91 Å². The minimum Gasteiger partial charge on any atom is -0.452 e. The number of benzene rings is 3. The average Bonchev–Trinajstić information content (AvgIpc) is 2.70. The molecule has 3 aromatic rings. The summed E-state index contributed by atoms with van der Waals surface area (Å²) in [6.45, 7) is -0.703. The van der Waals surface area contributed by atoms with E-state index in [0.717, 1.165) is 28.5 Å².